The molecule has 1 aromatic rings. The lowest BCUT2D eigenvalue weighted by atomic mass is 10.0. The average Bonchev–Trinajstić information content (AvgIpc) is 2.58. The van der Waals surface area contributed by atoms with E-state index in [0.717, 1.165) is 12.0 Å². The first kappa shape index (κ1) is 20.6. The van der Waals surface area contributed by atoms with Crippen LogP contribution in [0.3, 0.4) is 0 Å². The first-order valence-electron chi connectivity index (χ1n) is 8.40. The summed E-state index contributed by atoms with van der Waals surface area (Å²) in [4.78, 5) is 36.4. The molecule has 138 valence electrons. The number of aliphatic hydroxyl groups excluding tert-OH is 1. The summed E-state index contributed by atoms with van der Waals surface area (Å²) in [7, 11) is 0. The number of nitrogens with one attached hydrogen (secondary N) is 1. The Bertz CT molecular complexity index is 576. The number of benzene rings is 1. The van der Waals surface area contributed by atoms with E-state index in [9.17, 15) is 19.5 Å². The van der Waals surface area contributed by atoms with Crippen LogP contribution in [-0.4, -0.2) is 51.7 Å². The predicted molar refractivity (Wildman–Crippen MR) is 93.4 cm³/mol. The SMILES string of the molecule is CCC[C@H](C)N(C(=O)O)C(=O)N[C@@H](CCc1ccccc1)C(=O)CO. The molecule has 0 unspecified atom stereocenters. The van der Waals surface area contributed by atoms with Gasteiger partial charge < -0.3 is 15.5 Å². The second-order valence-corrected chi connectivity index (χ2v) is 5.94. The molecule has 3 amide bonds. The standard InChI is InChI=1S/C18H26N2O5/c1-3-7-13(2)20(18(24)25)17(23)19-15(16(22)12-21)11-10-14-8-5-4-6-9-14/h4-6,8-9,13,15,21H,3,7,10-12H2,1-2H3,(H,19,23)(H,24,25)/t13-,15-/m0/s1. The zero-order chi connectivity index (χ0) is 18.8. The van der Waals surface area contributed by atoms with Crippen molar-refractivity contribution in [2.75, 3.05) is 6.61 Å². The summed E-state index contributed by atoms with van der Waals surface area (Å²) in [5.74, 6) is -0.544. The maximum Gasteiger partial charge on any atom is 0.415 e. The number of imide groups is 1. The molecule has 1 aromatic carbocycles. The van der Waals surface area contributed by atoms with Gasteiger partial charge in [0, 0.05) is 6.04 Å². The summed E-state index contributed by atoms with van der Waals surface area (Å²) in [6, 6.07) is 7.14. The number of carboxylic acid groups (broad SMARTS) is 1. The van der Waals surface area contributed by atoms with E-state index in [1.165, 1.54) is 0 Å². The summed E-state index contributed by atoms with van der Waals surface area (Å²) >= 11 is 0. The molecule has 0 radical (unpaired) electrons. The summed E-state index contributed by atoms with van der Waals surface area (Å²) in [6.07, 6.45) is 0.699. The van der Waals surface area contributed by atoms with Crippen molar-refractivity contribution in [2.24, 2.45) is 0 Å². The van der Waals surface area contributed by atoms with Crippen molar-refractivity contribution >= 4 is 17.9 Å². The van der Waals surface area contributed by atoms with Crippen LogP contribution in [0, 0.1) is 0 Å². The van der Waals surface area contributed by atoms with E-state index in [-0.39, 0.29) is 6.42 Å². The summed E-state index contributed by atoms with van der Waals surface area (Å²) in [6.45, 7) is 2.83. The largest absolute Gasteiger partial charge is 0.465 e. The van der Waals surface area contributed by atoms with Gasteiger partial charge in [0.05, 0.1) is 6.04 Å². The van der Waals surface area contributed by atoms with Crippen molar-refractivity contribution in [1.29, 1.82) is 0 Å². The minimum Gasteiger partial charge on any atom is -0.465 e. The van der Waals surface area contributed by atoms with Gasteiger partial charge in [-0.1, -0.05) is 43.7 Å². The number of amides is 3. The minimum absolute atomic E-state index is 0.283. The highest BCUT2D eigenvalue weighted by atomic mass is 16.4. The van der Waals surface area contributed by atoms with Gasteiger partial charge >= 0.3 is 12.1 Å². The fourth-order valence-corrected chi connectivity index (χ4v) is 2.62. The van der Waals surface area contributed by atoms with Gasteiger partial charge in [0.1, 0.15) is 6.61 Å². The Hall–Kier alpha value is -2.41. The molecule has 2 atom stereocenters. The highest BCUT2D eigenvalue weighted by molar-refractivity contribution is 5.94. The van der Waals surface area contributed by atoms with Gasteiger partial charge in [-0.2, -0.15) is 0 Å². The lowest BCUT2D eigenvalue weighted by Crippen LogP contribution is -2.53. The van der Waals surface area contributed by atoms with Gasteiger partial charge in [-0.15, -0.1) is 0 Å². The van der Waals surface area contributed by atoms with Crippen LogP contribution in [0.1, 0.15) is 38.7 Å². The zero-order valence-electron chi connectivity index (χ0n) is 14.6. The van der Waals surface area contributed by atoms with Crippen LogP contribution in [0.5, 0.6) is 0 Å². The van der Waals surface area contributed by atoms with Gasteiger partial charge in [-0.25, -0.2) is 14.5 Å². The predicted octanol–water partition coefficient (Wildman–Crippen LogP) is 2.43. The number of hydrogen-bond acceptors (Lipinski definition) is 4. The molecule has 7 heteroatoms. The molecule has 0 fully saturated rings. The van der Waals surface area contributed by atoms with E-state index in [0.29, 0.717) is 17.7 Å². The molecular formula is C18H26N2O5. The van der Waals surface area contributed by atoms with Crippen molar-refractivity contribution in [2.45, 2.75) is 51.6 Å². The third-order valence-electron chi connectivity index (χ3n) is 3.98. The molecule has 0 spiro atoms. The molecule has 0 aliphatic carbocycles. The van der Waals surface area contributed by atoms with Crippen LogP contribution in [-0.2, 0) is 11.2 Å². The van der Waals surface area contributed by atoms with Gasteiger partial charge in [0.25, 0.3) is 0 Å². The number of carbonyl (C=O) groups excluding carboxylic acids is 2. The first-order valence-corrected chi connectivity index (χ1v) is 8.40. The highest BCUT2D eigenvalue weighted by Gasteiger charge is 2.29. The number of aryl methyl sites for hydroxylation is 1. The lowest BCUT2D eigenvalue weighted by Gasteiger charge is -2.27. The third kappa shape index (κ3) is 6.54. The van der Waals surface area contributed by atoms with Crippen molar-refractivity contribution in [3.05, 3.63) is 35.9 Å². The molecule has 3 N–H and O–H groups in total. The van der Waals surface area contributed by atoms with E-state index in [1.807, 2.05) is 37.3 Å². The summed E-state index contributed by atoms with van der Waals surface area (Å²) < 4.78 is 0. The third-order valence-corrected chi connectivity index (χ3v) is 3.98. The molecule has 0 saturated heterocycles. The number of hydrogen-bond donors (Lipinski definition) is 3. The topological polar surface area (TPSA) is 107 Å². The van der Waals surface area contributed by atoms with Crippen LogP contribution in [0.15, 0.2) is 30.3 Å². The summed E-state index contributed by atoms with van der Waals surface area (Å²) in [5.41, 5.74) is 0.988. The van der Waals surface area contributed by atoms with Gasteiger partial charge in [-0.3, -0.25) is 4.79 Å². The van der Waals surface area contributed by atoms with E-state index in [4.69, 9.17) is 5.11 Å². The Labute approximate surface area is 147 Å². The molecule has 25 heavy (non-hydrogen) atoms. The van der Waals surface area contributed by atoms with Crippen LogP contribution in [0.25, 0.3) is 0 Å². The second kappa shape index (κ2) is 10.5. The number of rotatable bonds is 9. The van der Waals surface area contributed by atoms with Crippen LogP contribution in [0.2, 0.25) is 0 Å². The fourth-order valence-electron chi connectivity index (χ4n) is 2.62. The number of ketones is 1. The molecule has 0 aliphatic heterocycles. The Balaban J connectivity index is 2.80. The number of aliphatic hydroxyl groups is 1. The molecule has 7 nitrogen and oxygen atoms in total. The van der Waals surface area contributed by atoms with Crippen molar-refractivity contribution < 1.29 is 24.6 Å². The van der Waals surface area contributed by atoms with Crippen molar-refractivity contribution in [3.63, 3.8) is 0 Å². The quantitative estimate of drug-likeness (QED) is 0.634. The number of urea groups is 1. The van der Waals surface area contributed by atoms with Gasteiger partial charge in [-0.05, 0) is 31.7 Å². The summed E-state index contributed by atoms with van der Waals surface area (Å²) in [5, 5.41) is 20.9. The van der Waals surface area contributed by atoms with E-state index in [2.05, 4.69) is 5.32 Å². The lowest BCUT2D eigenvalue weighted by molar-refractivity contribution is -0.123. The molecule has 0 heterocycles. The van der Waals surface area contributed by atoms with Crippen molar-refractivity contribution in [3.8, 4) is 0 Å². The zero-order valence-corrected chi connectivity index (χ0v) is 14.6. The first-order chi connectivity index (χ1) is 11.9. The molecule has 0 aliphatic rings. The Kier molecular flexibility index (Phi) is 8.63. The Morgan fingerprint density at radius 1 is 1.16 bits per heavy atom. The highest BCUT2D eigenvalue weighted by Crippen LogP contribution is 2.10. The molecule has 0 bridgehead atoms. The van der Waals surface area contributed by atoms with Crippen molar-refractivity contribution in [1.82, 2.24) is 10.2 Å². The molecule has 0 aromatic heterocycles. The smallest absolute Gasteiger partial charge is 0.415 e. The number of carbonyl (C=O) groups is 3. The average molecular weight is 350 g/mol. The van der Waals surface area contributed by atoms with Gasteiger partial charge in [0.15, 0.2) is 5.78 Å². The van der Waals surface area contributed by atoms with E-state index in [1.54, 1.807) is 6.92 Å². The fraction of sp³-hybridized carbons (Fsp3) is 0.500. The Morgan fingerprint density at radius 3 is 2.32 bits per heavy atom. The maximum absolute atomic E-state index is 12.3. The molecule has 0 saturated carbocycles. The van der Waals surface area contributed by atoms with Crippen LogP contribution >= 0.6 is 0 Å². The van der Waals surface area contributed by atoms with E-state index < -0.39 is 36.6 Å². The van der Waals surface area contributed by atoms with Gasteiger partial charge in [0.2, 0.25) is 0 Å². The van der Waals surface area contributed by atoms with E-state index >= 15 is 0 Å². The minimum atomic E-state index is -1.36. The monoisotopic (exact) mass is 350 g/mol. The number of nitrogens with zero attached hydrogens (tertiary/aromatic N) is 1. The second-order valence-electron chi connectivity index (χ2n) is 5.94. The molecular weight excluding hydrogens is 324 g/mol. The number of Topliss-reactive ketones (excluding diaryl/α,β-unsaturated/α-hetero) is 1. The Morgan fingerprint density at radius 2 is 1.80 bits per heavy atom. The molecule has 1 rings (SSSR count). The van der Waals surface area contributed by atoms with Crippen LogP contribution < -0.4 is 5.32 Å². The normalized spacial score (nSPS) is 12.9. The maximum atomic E-state index is 12.3. The van der Waals surface area contributed by atoms with Crippen LogP contribution in [0.4, 0.5) is 9.59 Å².